The van der Waals surface area contributed by atoms with Gasteiger partial charge in [0.25, 0.3) is 10.0 Å². The van der Waals surface area contributed by atoms with E-state index in [1.807, 2.05) is 6.07 Å². The van der Waals surface area contributed by atoms with Gasteiger partial charge in [-0.15, -0.1) is 0 Å². The lowest BCUT2D eigenvalue weighted by Crippen LogP contribution is -2.32. The highest BCUT2D eigenvalue weighted by Crippen LogP contribution is 2.34. The molecule has 33 heavy (non-hydrogen) atoms. The fourth-order valence-electron chi connectivity index (χ4n) is 3.93. The van der Waals surface area contributed by atoms with Crippen LogP contribution in [0.15, 0.2) is 47.4 Å². The van der Waals surface area contributed by atoms with Crippen LogP contribution in [0.25, 0.3) is 10.8 Å². The number of alkyl halides is 3. The van der Waals surface area contributed by atoms with E-state index >= 15 is 0 Å². The van der Waals surface area contributed by atoms with Crippen molar-refractivity contribution in [2.45, 2.75) is 45.2 Å². The molecule has 0 radical (unpaired) electrons. The summed E-state index contributed by atoms with van der Waals surface area (Å²) in [6, 6.07) is 11.2. The number of carbonyl (C=O) groups is 1. The lowest BCUT2D eigenvalue weighted by atomic mass is 9.96. The number of anilines is 1. The van der Waals surface area contributed by atoms with E-state index in [1.54, 1.807) is 52.0 Å². The zero-order valence-corrected chi connectivity index (χ0v) is 19.4. The second kappa shape index (κ2) is 8.70. The Labute approximate surface area is 190 Å². The largest absolute Gasteiger partial charge is 0.481 e. The maximum atomic E-state index is 13.4. The molecule has 0 bridgehead atoms. The molecule has 2 N–H and O–H groups in total. The predicted octanol–water partition coefficient (Wildman–Crippen LogP) is 5.68. The first-order valence-corrected chi connectivity index (χ1v) is 11.6. The van der Waals surface area contributed by atoms with Crippen LogP contribution in [-0.2, 0) is 21.2 Å². The van der Waals surface area contributed by atoms with Crippen molar-refractivity contribution < 1.29 is 31.5 Å². The summed E-state index contributed by atoms with van der Waals surface area (Å²) in [5.41, 5.74) is 2.90. The molecule has 0 spiro atoms. The average Bonchev–Trinajstić information content (AvgIpc) is 2.69. The van der Waals surface area contributed by atoms with Crippen LogP contribution in [0, 0.1) is 33.6 Å². The van der Waals surface area contributed by atoms with Crippen molar-refractivity contribution in [2.24, 2.45) is 5.92 Å². The van der Waals surface area contributed by atoms with E-state index < -0.39 is 34.5 Å². The number of aryl methyl sites for hydroxylation is 2. The Kier molecular flexibility index (Phi) is 6.48. The molecule has 9 heteroatoms. The monoisotopic (exact) mass is 479 g/mol. The number of aliphatic carboxylic acids is 1. The zero-order chi connectivity index (χ0) is 24.7. The minimum Gasteiger partial charge on any atom is -0.481 e. The molecule has 5 nitrogen and oxygen atoms in total. The van der Waals surface area contributed by atoms with Crippen LogP contribution in [0.4, 0.5) is 18.9 Å². The Bertz CT molecular complexity index is 1320. The lowest BCUT2D eigenvalue weighted by Gasteiger charge is -2.19. The molecule has 0 saturated heterocycles. The molecule has 0 aliphatic heterocycles. The van der Waals surface area contributed by atoms with E-state index in [9.17, 15) is 26.4 Å². The van der Waals surface area contributed by atoms with Crippen molar-refractivity contribution in [1.82, 2.24) is 0 Å². The zero-order valence-electron chi connectivity index (χ0n) is 18.5. The number of nitrogens with one attached hydrogen (secondary N) is 1. The van der Waals surface area contributed by atoms with Crippen LogP contribution in [-0.4, -0.2) is 25.7 Å². The second-order valence-corrected chi connectivity index (χ2v) is 9.82. The van der Waals surface area contributed by atoms with Crippen molar-refractivity contribution in [1.29, 1.82) is 0 Å². The molecule has 0 heterocycles. The van der Waals surface area contributed by atoms with Gasteiger partial charge < -0.3 is 5.11 Å². The molecule has 176 valence electrons. The van der Waals surface area contributed by atoms with Crippen LogP contribution in [0.3, 0.4) is 0 Å². The number of carboxylic acid groups (broad SMARTS) is 1. The van der Waals surface area contributed by atoms with Gasteiger partial charge in [0, 0.05) is 5.39 Å². The van der Waals surface area contributed by atoms with E-state index in [1.165, 1.54) is 12.1 Å². The normalized spacial score (nSPS) is 13.2. The van der Waals surface area contributed by atoms with E-state index in [0.717, 1.165) is 11.1 Å². The molecular weight excluding hydrogens is 455 g/mol. The number of benzene rings is 3. The lowest BCUT2D eigenvalue weighted by molar-refractivity contribution is -0.193. The molecule has 0 fully saturated rings. The SMILES string of the molecule is Cc1cc(C)c(C)c(S(=O)(=O)Nc2cc(CC(C(=O)O)C(F)(F)F)cc3ccccc23)c1C. The van der Waals surface area contributed by atoms with Gasteiger partial charge in [-0.2, -0.15) is 13.2 Å². The molecular formula is C24H24F3NO4S. The second-order valence-electron chi connectivity index (χ2n) is 8.20. The number of carboxylic acids is 1. The first-order valence-electron chi connectivity index (χ1n) is 10.1. The Morgan fingerprint density at radius 3 is 2.12 bits per heavy atom. The summed E-state index contributed by atoms with van der Waals surface area (Å²) in [6.07, 6.45) is -5.76. The molecule has 3 aromatic rings. The van der Waals surface area contributed by atoms with Crippen LogP contribution in [0.2, 0.25) is 0 Å². The van der Waals surface area contributed by atoms with Crippen LogP contribution in [0.1, 0.15) is 27.8 Å². The van der Waals surface area contributed by atoms with Gasteiger partial charge in [0.2, 0.25) is 0 Å². The van der Waals surface area contributed by atoms with Crippen molar-refractivity contribution in [3.8, 4) is 0 Å². The molecule has 0 saturated carbocycles. The van der Waals surface area contributed by atoms with Gasteiger partial charge in [0.05, 0.1) is 10.6 Å². The maximum Gasteiger partial charge on any atom is 0.402 e. The number of hydrogen-bond donors (Lipinski definition) is 2. The third-order valence-corrected chi connectivity index (χ3v) is 7.50. The Hall–Kier alpha value is -3.07. The average molecular weight is 480 g/mol. The van der Waals surface area contributed by atoms with E-state index in [0.29, 0.717) is 21.9 Å². The van der Waals surface area contributed by atoms with Crippen molar-refractivity contribution >= 4 is 32.5 Å². The maximum absolute atomic E-state index is 13.4. The number of hydrogen-bond acceptors (Lipinski definition) is 3. The van der Waals surface area contributed by atoms with Crippen LogP contribution in [0.5, 0.6) is 0 Å². The summed E-state index contributed by atoms with van der Waals surface area (Å²) in [5.74, 6) is -4.59. The van der Waals surface area contributed by atoms with E-state index in [4.69, 9.17) is 5.11 Å². The summed E-state index contributed by atoms with van der Waals surface area (Å²) in [7, 11) is -4.09. The molecule has 1 unspecified atom stereocenters. The fourth-order valence-corrected chi connectivity index (χ4v) is 5.62. The van der Waals surface area contributed by atoms with Gasteiger partial charge in [0.1, 0.15) is 0 Å². The highest BCUT2D eigenvalue weighted by Gasteiger charge is 2.45. The third kappa shape index (κ3) is 4.98. The van der Waals surface area contributed by atoms with Gasteiger partial charge in [-0.05, 0) is 73.4 Å². The molecule has 0 aliphatic rings. The topological polar surface area (TPSA) is 83.5 Å². The summed E-state index contributed by atoms with van der Waals surface area (Å²) < 4.78 is 69.1. The van der Waals surface area contributed by atoms with Gasteiger partial charge in [-0.25, -0.2) is 8.42 Å². The summed E-state index contributed by atoms with van der Waals surface area (Å²) in [5, 5.41) is 10.1. The smallest absolute Gasteiger partial charge is 0.402 e. The molecule has 3 rings (SSSR count). The first kappa shape index (κ1) is 24.6. The fraction of sp³-hybridized carbons (Fsp3) is 0.292. The minimum absolute atomic E-state index is 0.0602. The summed E-state index contributed by atoms with van der Waals surface area (Å²) in [6.45, 7) is 7.01. The quantitative estimate of drug-likeness (QED) is 0.477. The van der Waals surface area contributed by atoms with Crippen LogP contribution < -0.4 is 4.72 Å². The highest BCUT2D eigenvalue weighted by molar-refractivity contribution is 7.92. The summed E-state index contributed by atoms with van der Waals surface area (Å²) in [4.78, 5) is 11.3. The van der Waals surface area contributed by atoms with Crippen molar-refractivity contribution in [3.05, 3.63) is 70.3 Å². The van der Waals surface area contributed by atoms with Crippen molar-refractivity contribution in [3.63, 3.8) is 0 Å². The van der Waals surface area contributed by atoms with Gasteiger partial charge in [0.15, 0.2) is 5.92 Å². The standard InChI is InChI=1S/C24H24F3NO4S/c1-13-9-14(2)16(4)22(15(13)3)33(31,32)28-21-12-17(10-18-7-5-6-8-19(18)21)11-20(23(29)30)24(25,26)27/h5-10,12,20,28H,11H2,1-4H3,(H,29,30). The number of rotatable bonds is 6. The van der Waals surface area contributed by atoms with E-state index in [2.05, 4.69) is 4.72 Å². The van der Waals surface area contributed by atoms with Gasteiger partial charge >= 0.3 is 12.1 Å². The molecule has 1 atom stereocenters. The number of fused-ring (bicyclic) bond motifs is 1. The van der Waals surface area contributed by atoms with Gasteiger partial charge in [-0.3, -0.25) is 9.52 Å². The molecule has 0 aromatic heterocycles. The minimum atomic E-state index is -4.94. The number of halogens is 3. The van der Waals surface area contributed by atoms with E-state index in [-0.39, 0.29) is 16.1 Å². The highest BCUT2D eigenvalue weighted by atomic mass is 32.2. The van der Waals surface area contributed by atoms with Crippen LogP contribution >= 0.6 is 0 Å². The Balaban J connectivity index is 2.15. The number of sulfonamides is 1. The molecule has 0 aliphatic carbocycles. The van der Waals surface area contributed by atoms with Gasteiger partial charge in [-0.1, -0.05) is 36.4 Å². The Morgan fingerprint density at radius 1 is 1.00 bits per heavy atom. The van der Waals surface area contributed by atoms with Crippen molar-refractivity contribution in [2.75, 3.05) is 4.72 Å². The Morgan fingerprint density at radius 2 is 1.58 bits per heavy atom. The third-order valence-electron chi connectivity index (χ3n) is 5.86. The predicted molar refractivity (Wildman–Crippen MR) is 121 cm³/mol. The molecule has 0 amide bonds. The summed E-state index contributed by atoms with van der Waals surface area (Å²) >= 11 is 0. The molecule has 3 aromatic carbocycles. The first-order chi connectivity index (χ1) is 15.2.